The number of phenols is 1. The van der Waals surface area contributed by atoms with Gasteiger partial charge in [-0.2, -0.15) is 0 Å². The molecule has 1 fully saturated rings. The first kappa shape index (κ1) is 19.4. The van der Waals surface area contributed by atoms with E-state index in [4.69, 9.17) is 4.74 Å². The van der Waals surface area contributed by atoms with Gasteiger partial charge in [0.1, 0.15) is 5.75 Å². The van der Waals surface area contributed by atoms with Crippen molar-refractivity contribution in [2.45, 2.75) is 12.5 Å². The normalized spacial score (nSPS) is 16.2. The van der Waals surface area contributed by atoms with Crippen molar-refractivity contribution in [1.82, 2.24) is 10.4 Å². The highest BCUT2D eigenvalue weighted by atomic mass is 16.5. The molecule has 1 unspecified atom stereocenters. The quantitative estimate of drug-likeness (QED) is 0.526. The average Bonchev–Trinajstić information content (AvgIpc) is 2.72. The van der Waals surface area contributed by atoms with Crippen molar-refractivity contribution in [3.05, 3.63) is 72.8 Å². The van der Waals surface area contributed by atoms with Crippen molar-refractivity contribution in [2.24, 2.45) is 0 Å². The fourth-order valence-corrected chi connectivity index (χ4v) is 3.34. The SMILES string of the molecule is C=CCOCCC(NN1CCN(c2ccc(O)cc2)CC1)c1ccccc1. The predicted octanol–water partition coefficient (Wildman–Crippen LogP) is 3.35. The summed E-state index contributed by atoms with van der Waals surface area (Å²) in [7, 11) is 0. The highest BCUT2D eigenvalue weighted by Gasteiger charge is 2.20. The molecule has 27 heavy (non-hydrogen) atoms. The van der Waals surface area contributed by atoms with Crippen molar-refractivity contribution >= 4 is 5.69 Å². The van der Waals surface area contributed by atoms with Crippen molar-refractivity contribution in [2.75, 3.05) is 44.3 Å². The zero-order valence-electron chi connectivity index (χ0n) is 15.8. The first-order valence-corrected chi connectivity index (χ1v) is 9.55. The van der Waals surface area contributed by atoms with Gasteiger partial charge in [0, 0.05) is 44.5 Å². The highest BCUT2D eigenvalue weighted by molar-refractivity contribution is 5.49. The Morgan fingerprint density at radius 2 is 1.74 bits per heavy atom. The van der Waals surface area contributed by atoms with Crippen molar-refractivity contribution in [3.8, 4) is 5.75 Å². The first-order chi connectivity index (χ1) is 13.3. The molecule has 0 aromatic heterocycles. The minimum atomic E-state index is 0.233. The van der Waals surface area contributed by atoms with Crippen LogP contribution in [0.2, 0.25) is 0 Å². The maximum Gasteiger partial charge on any atom is 0.115 e. The van der Waals surface area contributed by atoms with Crippen LogP contribution in [0.1, 0.15) is 18.0 Å². The Labute approximate surface area is 161 Å². The number of nitrogens with zero attached hydrogens (tertiary/aromatic N) is 2. The van der Waals surface area contributed by atoms with Crippen molar-refractivity contribution in [3.63, 3.8) is 0 Å². The second kappa shape index (κ2) is 10.1. The molecule has 0 saturated carbocycles. The molecule has 0 bridgehead atoms. The molecule has 5 nitrogen and oxygen atoms in total. The summed E-state index contributed by atoms with van der Waals surface area (Å²) in [5, 5.41) is 11.8. The zero-order chi connectivity index (χ0) is 18.9. The molecule has 1 aliphatic rings. The summed E-state index contributed by atoms with van der Waals surface area (Å²) in [6, 6.07) is 18.2. The number of hydrogen-bond acceptors (Lipinski definition) is 5. The summed E-state index contributed by atoms with van der Waals surface area (Å²) >= 11 is 0. The van der Waals surface area contributed by atoms with Gasteiger partial charge in [0.05, 0.1) is 6.61 Å². The van der Waals surface area contributed by atoms with Crippen LogP contribution in [0.3, 0.4) is 0 Å². The lowest BCUT2D eigenvalue weighted by Gasteiger charge is -2.38. The van der Waals surface area contributed by atoms with Gasteiger partial charge in [0.2, 0.25) is 0 Å². The topological polar surface area (TPSA) is 48.0 Å². The lowest BCUT2D eigenvalue weighted by atomic mass is 10.0. The second-order valence-electron chi connectivity index (χ2n) is 6.74. The van der Waals surface area contributed by atoms with Crippen LogP contribution in [0.25, 0.3) is 0 Å². The predicted molar refractivity (Wildman–Crippen MR) is 110 cm³/mol. The van der Waals surface area contributed by atoms with Crippen LogP contribution in [0.5, 0.6) is 5.75 Å². The number of ether oxygens (including phenoxy) is 1. The Morgan fingerprint density at radius 1 is 1.04 bits per heavy atom. The van der Waals surface area contributed by atoms with Crippen LogP contribution in [0.4, 0.5) is 5.69 Å². The number of rotatable bonds is 9. The maximum atomic E-state index is 9.46. The van der Waals surface area contributed by atoms with Crippen LogP contribution in [-0.2, 0) is 4.74 Å². The monoisotopic (exact) mass is 367 g/mol. The van der Waals surface area contributed by atoms with Gasteiger partial charge in [0.15, 0.2) is 0 Å². The standard InChI is InChI=1S/C22H29N3O2/c1-2-17-27-18-12-22(19-6-4-3-5-7-19)23-25-15-13-24(14-16-25)20-8-10-21(26)11-9-20/h2-11,22-23,26H,1,12-18H2. The fraction of sp³-hybridized carbons (Fsp3) is 0.364. The minimum Gasteiger partial charge on any atom is -0.508 e. The molecule has 0 radical (unpaired) electrons. The molecule has 1 atom stereocenters. The molecule has 2 aromatic carbocycles. The summed E-state index contributed by atoms with van der Waals surface area (Å²) in [5.74, 6) is 0.309. The number of hydrogen-bond donors (Lipinski definition) is 2. The number of nitrogens with one attached hydrogen (secondary N) is 1. The average molecular weight is 367 g/mol. The van der Waals surface area contributed by atoms with E-state index in [0.29, 0.717) is 19.0 Å². The number of piperazine rings is 1. The van der Waals surface area contributed by atoms with Crippen LogP contribution in [0, 0.1) is 0 Å². The van der Waals surface area contributed by atoms with E-state index in [0.717, 1.165) is 38.3 Å². The van der Waals surface area contributed by atoms with E-state index >= 15 is 0 Å². The summed E-state index contributed by atoms with van der Waals surface area (Å²) in [6.45, 7) is 8.77. The van der Waals surface area contributed by atoms with Gasteiger partial charge in [0.25, 0.3) is 0 Å². The highest BCUT2D eigenvalue weighted by Crippen LogP contribution is 2.21. The first-order valence-electron chi connectivity index (χ1n) is 9.55. The smallest absolute Gasteiger partial charge is 0.115 e. The van der Waals surface area contributed by atoms with Crippen LogP contribution in [0.15, 0.2) is 67.3 Å². The van der Waals surface area contributed by atoms with Gasteiger partial charge in [-0.05, 0) is 36.2 Å². The Morgan fingerprint density at radius 3 is 2.41 bits per heavy atom. The zero-order valence-corrected chi connectivity index (χ0v) is 15.8. The van der Waals surface area contributed by atoms with E-state index in [1.165, 1.54) is 5.56 Å². The van der Waals surface area contributed by atoms with Crippen LogP contribution in [-0.4, -0.2) is 49.5 Å². The van der Waals surface area contributed by atoms with E-state index < -0.39 is 0 Å². The van der Waals surface area contributed by atoms with E-state index in [-0.39, 0.29) is 6.04 Å². The Bertz CT molecular complexity index is 682. The largest absolute Gasteiger partial charge is 0.508 e. The van der Waals surface area contributed by atoms with Crippen molar-refractivity contribution < 1.29 is 9.84 Å². The third-order valence-electron chi connectivity index (χ3n) is 4.82. The molecule has 2 N–H and O–H groups in total. The molecule has 0 spiro atoms. The molecule has 0 aliphatic carbocycles. The lowest BCUT2D eigenvalue weighted by Crippen LogP contribution is -2.53. The Hall–Kier alpha value is -2.34. The van der Waals surface area contributed by atoms with E-state index in [2.05, 4.69) is 46.2 Å². The number of benzene rings is 2. The van der Waals surface area contributed by atoms with Gasteiger partial charge in [-0.15, -0.1) is 6.58 Å². The molecule has 1 aliphatic heterocycles. The van der Waals surface area contributed by atoms with Gasteiger partial charge in [-0.25, -0.2) is 10.4 Å². The molecular weight excluding hydrogens is 338 g/mol. The number of aromatic hydroxyl groups is 1. The summed E-state index contributed by atoms with van der Waals surface area (Å²) in [5.41, 5.74) is 6.13. The Kier molecular flexibility index (Phi) is 7.27. The fourth-order valence-electron chi connectivity index (χ4n) is 3.34. The summed E-state index contributed by atoms with van der Waals surface area (Å²) < 4.78 is 5.60. The molecule has 5 heteroatoms. The van der Waals surface area contributed by atoms with Gasteiger partial charge >= 0.3 is 0 Å². The van der Waals surface area contributed by atoms with Crippen molar-refractivity contribution in [1.29, 1.82) is 0 Å². The summed E-state index contributed by atoms with van der Waals surface area (Å²) in [6.07, 6.45) is 2.70. The molecule has 2 aromatic rings. The maximum absolute atomic E-state index is 9.46. The van der Waals surface area contributed by atoms with E-state index in [9.17, 15) is 5.11 Å². The van der Waals surface area contributed by atoms with Gasteiger partial charge in [-0.3, -0.25) is 0 Å². The van der Waals surface area contributed by atoms with E-state index in [1.54, 1.807) is 18.2 Å². The molecule has 144 valence electrons. The molecule has 0 amide bonds. The number of anilines is 1. The number of hydrazine groups is 1. The minimum absolute atomic E-state index is 0.233. The molecule has 1 heterocycles. The Balaban J connectivity index is 1.54. The second-order valence-corrected chi connectivity index (χ2v) is 6.74. The molecule has 3 rings (SSSR count). The van der Waals surface area contributed by atoms with Gasteiger partial charge < -0.3 is 14.7 Å². The summed E-state index contributed by atoms with van der Waals surface area (Å²) in [4.78, 5) is 2.35. The molecular formula is C22H29N3O2. The van der Waals surface area contributed by atoms with Crippen LogP contribution < -0.4 is 10.3 Å². The van der Waals surface area contributed by atoms with Crippen LogP contribution >= 0.6 is 0 Å². The molecule has 1 saturated heterocycles. The lowest BCUT2D eigenvalue weighted by molar-refractivity contribution is 0.109. The third kappa shape index (κ3) is 5.82. The third-order valence-corrected chi connectivity index (χ3v) is 4.82. The number of phenolic OH excluding ortho intramolecular Hbond substituents is 1. The van der Waals surface area contributed by atoms with Gasteiger partial charge in [-0.1, -0.05) is 36.4 Å². The van der Waals surface area contributed by atoms with E-state index in [1.807, 2.05) is 18.2 Å².